The second-order valence-corrected chi connectivity index (χ2v) is 7.28. The first-order valence-electron chi connectivity index (χ1n) is 6.83. The molecule has 3 unspecified atom stereocenters. The zero-order chi connectivity index (χ0) is 13.8. The molecular weight excluding hydrogens is 246 g/mol. The predicted octanol–water partition coefficient (Wildman–Crippen LogP) is 2.98. The highest BCUT2D eigenvalue weighted by atomic mass is 32.2. The Morgan fingerprint density at radius 1 is 1.39 bits per heavy atom. The van der Waals surface area contributed by atoms with Crippen LogP contribution >= 0.6 is 11.8 Å². The molecule has 1 saturated carbocycles. The lowest BCUT2D eigenvalue weighted by Gasteiger charge is -2.31. The van der Waals surface area contributed by atoms with Gasteiger partial charge in [-0.25, -0.2) is 0 Å². The number of esters is 1. The first kappa shape index (κ1) is 15.8. The van der Waals surface area contributed by atoms with E-state index in [-0.39, 0.29) is 12.0 Å². The van der Waals surface area contributed by atoms with Gasteiger partial charge in [0.15, 0.2) is 0 Å². The van der Waals surface area contributed by atoms with Crippen LogP contribution in [0.3, 0.4) is 0 Å². The summed E-state index contributed by atoms with van der Waals surface area (Å²) in [6.07, 6.45) is 7.06. The summed E-state index contributed by atoms with van der Waals surface area (Å²) in [4.78, 5) is 11.9. The Morgan fingerprint density at radius 2 is 2.06 bits per heavy atom. The Hall–Kier alpha value is -0.220. The van der Waals surface area contributed by atoms with Gasteiger partial charge >= 0.3 is 5.97 Å². The Kier molecular flexibility index (Phi) is 5.99. The summed E-state index contributed by atoms with van der Waals surface area (Å²) in [6.45, 7) is 7.61. The molecule has 0 saturated heterocycles. The molecule has 0 aromatic heterocycles. The molecule has 0 radical (unpaired) electrons. The maximum Gasteiger partial charge on any atom is 0.323 e. The first-order chi connectivity index (χ1) is 8.31. The topological polar surface area (TPSA) is 38.3 Å². The quantitative estimate of drug-likeness (QED) is 0.799. The minimum absolute atomic E-state index is 0.145. The van der Waals surface area contributed by atoms with Gasteiger partial charge in [-0.1, -0.05) is 6.42 Å². The van der Waals surface area contributed by atoms with Crippen LogP contribution in [0.4, 0.5) is 0 Å². The number of carbonyl (C=O) groups excluding carboxylic acids is 1. The van der Waals surface area contributed by atoms with Gasteiger partial charge in [-0.05, 0) is 53.2 Å². The maximum atomic E-state index is 11.9. The molecule has 18 heavy (non-hydrogen) atoms. The van der Waals surface area contributed by atoms with Crippen molar-refractivity contribution in [2.45, 2.75) is 76.3 Å². The predicted molar refractivity (Wildman–Crippen MR) is 78.0 cm³/mol. The Bertz CT molecular complexity index is 275. The van der Waals surface area contributed by atoms with E-state index < -0.39 is 5.60 Å². The molecule has 0 amide bonds. The molecule has 0 aliphatic heterocycles. The van der Waals surface area contributed by atoms with E-state index in [2.05, 4.69) is 11.6 Å². The number of thioether (sulfide) groups is 1. The molecule has 3 nitrogen and oxygen atoms in total. The molecule has 4 heteroatoms. The molecular formula is C14H27NO2S. The molecule has 0 bridgehead atoms. The zero-order valence-corrected chi connectivity index (χ0v) is 13.1. The van der Waals surface area contributed by atoms with Gasteiger partial charge in [0.1, 0.15) is 11.6 Å². The van der Waals surface area contributed by atoms with E-state index in [1.165, 1.54) is 19.3 Å². The molecule has 0 spiro atoms. The van der Waals surface area contributed by atoms with Gasteiger partial charge in [0.25, 0.3) is 0 Å². The summed E-state index contributed by atoms with van der Waals surface area (Å²) in [6, 6.07) is 0.244. The van der Waals surface area contributed by atoms with Crippen molar-refractivity contribution in [2.75, 3.05) is 6.26 Å². The summed E-state index contributed by atoms with van der Waals surface area (Å²) in [5.41, 5.74) is -0.401. The van der Waals surface area contributed by atoms with Crippen molar-refractivity contribution in [3.8, 4) is 0 Å². The van der Waals surface area contributed by atoms with Crippen molar-refractivity contribution in [3.05, 3.63) is 0 Å². The van der Waals surface area contributed by atoms with Gasteiger partial charge in [-0.15, -0.1) is 0 Å². The normalized spacial score (nSPS) is 26.7. The van der Waals surface area contributed by atoms with Crippen molar-refractivity contribution in [2.24, 2.45) is 0 Å². The molecule has 1 aliphatic carbocycles. The summed E-state index contributed by atoms with van der Waals surface area (Å²) in [5.74, 6) is -0.145. The standard InChI is InChI=1S/C14H27NO2S/c1-10(13(16)17-14(2,3)4)15-11-7-6-8-12(9-11)18-5/h10-12,15H,6-9H2,1-5H3. The summed E-state index contributed by atoms with van der Waals surface area (Å²) in [7, 11) is 0. The van der Waals surface area contributed by atoms with Crippen LogP contribution in [0.15, 0.2) is 0 Å². The summed E-state index contributed by atoms with van der Waals surface area (Å²) >= 11 is 1.94. The number of rotatable bonds is 4. The monoisotopic (exact) mass is 273 g/mol. The molecule has 0 aromatic rings. The van der Waals surface area contributed by atoms with Crippen LogP contribution in [0.5, 0.6) is 0 Å². The van der Waals surface area contributed by atoms with E-state index in [4.69, 9.17) is 4.74 Å². The maximum absolute atomic E-state index is 11.9. The molecule has 0 heterocycles. The van der Waals surface area contributed by atoms with E-state index in [0.717, 1.165) is 11.7 Å². The number of ether oxygens (including phenoxy) is 1. The minimum atomic E-state index is -0.401. The van der Waals surface area contributed by atoms with E-state index in [9.17, 15) is 4.79 Å². The van der Waals surface area contributed by atoms with Gasteiger partial charge in [0.05, 0.1) is 0 Å². The Balaban J connectivity index is 2.39. The Labute approximate surface area is 115 Å². The summed E-state index contributed by atoms with van der Waals surface area (Å²) < 4.78 is 5.39. The van der Waals surface area contributed by atoms with Gasteiger partial charge in [-0.3, -0.25) is 4.79 Å². The molecule has 3 atom stereocenters. The molecule has 1 rings (SSSR count). The zero-order valence-electron chi connectivity index (χ0n) is 12.3. The highest BCUT2D eigenvalue weighted by Gasteiger charge is 2.26. The van der Waals surface area contributed by atoms with E-state index in [1.54, 1.807) is 0 Å². The van der Waals surface area contributed by atoms with Gasteiger partial charge in [-0.2, -0.15) is 11.8 Å². The lowest BCUT2D eigenvalue weighted by atomic mass is 9.94. The van der Waals surface area contributed by atoms with Crippen LogP contribution in [0.2, 0.25) is 0 Å². The number of hydrogen-bond donors (Lipinski definition) is 1. The highest BCUT2D eigenvalue weighted by Crippen LogP contribution is 2.27. The first-order valence-corrected chi connectivity index (χ1v) is 8.12. The van der Waals surface area contributed by atoms with Crippen molar-refractivity contribution in [3.63, 3.8) is 0 Å². The van der Waals surface area contributed by atoms with Crippen LogP contribution in [0, 0.1) is 0 Å². The third-order valence-electron chi connectivity index (χ3n) is 3.21. The fraction of sp³-hybridized carbons (Fsp3) is 0.929. The van der Waals surface area contributed by atoms with E-state index in [1.807, 2.05) is 39.5 Å². The molecule has 1 aliphatic rings. The van der Waals surface area contributed by atoms with Crippen LogP contribution in [0.25, 0.3) is 0 Å². The highest BCUT2D eigenvalue weighted by molar-refractivity contribution is 7.99. The van der Waals surface area contributed by atoms with Gasteiger partial charge in [0.2, 0.25) is 0 Å². The van der Waals surface area contributed by atoms with E-state index >= 15 is 0 Å². The minimum Gasteiger partial charge on any atom is -0.459 e. The molecule has 1 fully saturated rings. The third kappa shape index (κ3) is 5.61. The average Bonchev–Trinajstić information content (AvgIpc) is 2.27. The summed E-state index contributed by atoms with van der Waals surface area (Å²) in [5, 5.41) is 4.16. The fourth-order valence-corrected chi connectivity index (χ4v) is 3.15. The van der Waals surface area contributed by atoms with Crippen molar-refractivity contribution in [1.29, 1.82) is 0 Å². The smallest absolute Gasteiger partial charge is 0.323 e. The number of hydrogen-bond acceptors (Lipinski definition) is 4. The van der Waals surface area contributed by atoms with E-state index in [0.29, 0.717) is 6.04 Å². The number of nitrogens with one attached hydrogen (secondary N) is 1. The second-order valence-electron chi connectivity index (χ2n) is 6.14. The lowest BCUT2D eigenvalue weighted by Crippen LogP contribution is -2.46. The van der Waals surface area contributed by atoms with Crippen LogP contribution < -0.4 is 5.32 Å². The van der Waals surface area contributed by atoms with Crippen molar-refractivity contribution < 1.29 is 9.53 Å². The number of carbonyl (C=O) groups is 1. The van der Waals surface area contributed by atoms with Gasteiger partial charge < -0.3 is 10.1 Å². The van der Waals surface area contributed by atoms with Crippen LogP contribution in [0.1, 0.15) is 53.4 Å². The SMILES string of the molecule is CSC1CCCC(NC(C)C(=O)OC(C)(C)C)C1. The third-order valence-corrected chi connectivity index (χ3v) is 4.30. The second kappa shape index (κ2) is 6.80. The van der Waals surface area contributed by atoms with Crippen molar-refractivity contribution in [1.82, 2.24) is 5.32 Å². The van der Waals surface area contributed by atoms with Crippen LogP contribution in [-0.2, 0) is 9.53 Å². The molecule has 106 valence electrons. The lowest BCUT2D eigenvalue weighted by molar-refractivity contribution is -0.157. The molecule has 1 N–H and O–H groups in total. The largest absolute Gasteiger partial charge is 0.459 e. The van der Waals surface area contributed by atoms with Gasteiger partial charge in [0, 0.05) is 11.3 Å². The average molecular weight is 273 g/mol. The fourth-order valence-electron chi connectivity index (χ4n) is 2.32. The Morgan fingerprint density at radius 3 is 2.61 bits per heavy atom. The van der Waals surface area contributed by atoms with Crippen LogP contribution in [-0.4, -0.2) is 35.2 Å². The van der Waals surface area contributed by atoms with Crippen molar-refractivity contribution >= 4 is 17.7 Å². The molecule has 0 aromatic carbocycles.